The molecule has 1 aromatic carbocycles. The van der Waals surface area contributed by atoms with Gasteiger partial charge in [0.1, 0.15) is 0 Å². The lowest BCUT2D eigenvalue weighted by molar-refractivity contribution is -0.134. The molecule has 1 aromatic heterocycles. The van der Waals surface area contributed by atoms with Crippen LogP contribution in [-0.2, 0) is 23.2 Å². The number of aliphatic hydroxyl groups is 1. The lowest BCUT2D eigenvalue weighted by Gasteiger charge is -2.37. The van der Waals surface area contributed by atoms with E-state index in [2.05, 4.69) is 57.6 Å². The number of piperazine rings is 1. The Morgan fingerprint density at radius 1 is 1.24 bits per heavy atom. The topological polar surface area (TPSA) is 89.8 Å². The largest absolute Gasteiger partial charge is 0.393 e. The number of aliphatic hydroxyl groups excluding tert-OH is 1. The zero-order chi connectivity index (χ0) is 22.9. The maximum atomic E-state index is 12.7. The molecule has 8 heteroatoms. The number of nitrogens with zero attached hydrogens (tertiary/aromatic N) is 3. The quantitative estimate of drug-likeness (QED) is 0.607. The molecule has 0 bridgehead atoms. The van der Waals surface area contributed by atoms with Crippen molar-refractivity contribution in [2.75, 3.05) is 26.2 Å². The van der Waals surface area contributed by atoms with E-state index in [0.717, 1.165) is 25.9 Å². The number of para-hydroxylation sites is 1. The highest BCUT2D eigenvalue weighted by molar-refractivity contribution is 5.84. The number of benzene rings is 1. The highest BCUT2D eigenvalue weighted by Crippen LogP contribution is 2.27. The number of hydrogen-bond acceptors (Lipinski definition) is 5. The van der Waals surface area contributed by atoms with Crippen molar-refractivity contribution in [3.8, 4) is 0 Å². The van der Waals surface area contributed by atoms with Crippen LogP contribution in [0.3, 0.4) is 0 Å². The summed E-state index contributed by atoms with van der Waals surface area (Å²) in [6.07, 6.45) is 5.29. The normalized spacial score (nSPS) is 26.5. The standard InChI is InChI=1S/C25H35N5O3/c1-28-15-17(21-4-2-3-5-22(21)28)13-26-18-12-23-25(33)27-14-19(30(23)16-18)6-7-24(32)29-10-8-20(31)9-11-29/h2-5,15,18-20,23,26,31H,6-14,16H2,1H3,(H,27,33)/t18-,19+,23-/m0/s1. The molecule has 178 valence electrons. The Balaban J connectivity index is 1.17. The van der Waals surface area contributed by atoms with E-state index in [1.54, 1.807) is 0 Å². The number of hydrogen-bond donors (Lipinski definition) is 3. The van der Waals surface area contributed by atoms with Gasteiger partial charge >= 0.3 is 0 Å². The van der Waals surface area contributed by atoms with Crippen molar-refractivity contribution >= 4 is 22.7 Å². The van der Waals surface area contributed by atoms with Crippen molar-refractivity contribution in [1.29, 1.82) is 0 Å². The smallest absolute Gasteiger partial charge is 0.237 e. The Kier molecular flexibility index (Phi) is 6.40. The molecule has 0 radical (unpaired) electrons. The van der Waals surface area contributed by atoms with Crippen LogP contribution < -0.4 is 10.6 Å². The van der Waals surface area contributed by atoms with Crippen LogP contribution in [0.15, 0.2) is 30.5 Å². The number of rotatable bonds is 6. The van der Waals surface area contributed by atoms with Gasteiger partial charge in [0, 0.05) is 75.4 Å². The van der Waals surface area contributed by atoms with Gasteiger partial charge in [0.05, 0.1) is 12.1 Å². The van der Waals surface area contributed by atoms with E-state index in [-0.39, 0.29) is 36.0 Å². The maximum Gasteiger partial charge on any atom is 0.237 e. The van der Waals surface area contributed by atoms with Gasteiger partial charge in [0.2, 0.25) is 11.8 Å². The van der Waals surface area contributed by atoms with E-state index in [1.807, 2.05) is 4.90 Å². The number of aryl methyl sites for hydroxylation is 1. The molecule has 2 aromatic rings. The summed E-state index contributed by atoms with van der Waals surface area (Å²) in [7, 11) is 2.07. The number of aromatic nitrogens is 1. The fourth-order valence-corrected chi connectivity index (χ4v) is 5.78. The summed E-state index contributed by atoms with van der Waals surface area (Å²) in [5.41, 5.74) is 2.50. The molecule has 3 N–H and O–H groups in total. The van der Waals surface area contributed by atoms with Crippen molar-refractivity contribution < 1.29 is 14.7 Å². The molecular weight excluding hydrogens is 418 g/mol. The SMILES string of the molecule is Cn1cc(CN[C@H]2C[C@H]3C(=O)NC[C@@H](CCC(=O)N4CCC(O)CC4)N3C2)c2ccccc21. The number of carbonyl (C=O) groups is 2. The van der Waals surface area contributed by atoms with Crippen molar-refractivity contribution in [1.82, 2.24) is 25.0 Å². The molecule has 8 nitrogen and oxygen atoms in total. The van der Waals surface area contributed by atoms with Crippen molar-refractivity contribution in [3.05, 3.63) is 36.0 Å². The number of likely N-dealkylation sites (tertiary alicyclic amines) is 1. The van der Waals surface area contributed by atoms with Gasteiger partial charge in [-0.3, -0.25) is 14.5 Å². The number of fused-ring (bicyclic) bond motifs is 2. The van der Waals surface area contributed by atoms with Crippen molar-refractivity contribution in [2.45, 2.75) is 62.9 Å². The first-order valence-corrected chi connectivity index (χ1v) is 12.2. The summed E-state index contributed by atoms with van der Waals surface area (Å²) in [6.45, 7) is 3.51. The Morgan fingerprint density at radius 2 is 2.03 bits per heavy atom. The fourth-order valence-electron chi connectivity index (χ4n) is 5.78. The number of nitrogens with one attached hydrogen (secondary N) is 2. The zero-order valence-corrected chi connectivity index (χ0v) is 19.4. The molecule has 3 fully saturated rings. The molecule has 5 rings (SSSR count). The molecule has 3 aliphatic rings. The Hall–Kier alpha value is -2.42. The number of piperidine rings is 1. The van der Waals surface area contributed by atoms with E-state index in [1.165, 1.54) is 16.5 Å². The van der Waals surface area contributed by atoms with Gasteiger partial charge in [-0.1, -0.05) is 18.2 Å². The van der Waals surface area contributed by atoms with E-state index < -0.39 is 0 Å². The van der Waals surface area contributed by atoms with Gasteiger partial charge < -0.3 is 25.2 Å². The van der Waals surface area contributed by atoms with Gasteiger partial charge in [0.15, 0.2) is 0 Å². The lowest BCUT2D eigenvalue weighted by atomic mass is 10.0. The van der Waals surface area contributed by atoms with Crippen LogP contribution in [0, 0.1) is 0 Å². The monoisotopic (exact) mass is 453 g/mol. The van der Waals surface area contributed by atoms with E-state index in [0.29, 0.717) is 38.9 Å². The van der Waals surface area contributed by atoms with E-state index >= 15 is 0 Å². The molecule has 3 atom stereocenters. The van der Waals surface area contributed by atoms with Crippen molar-refractivity contribution in [3.63, 3.8) is 0 Å². The summed E-state index contributed by atoms with van der Waals surface area (Å²) in [5.74, 6) is 0.275. The molecule has 4 heterocycles. The van der Waals surface area contributed by atoms with Crippen LogP contribution in [0.1, 0.15) is 37.7 Å². The molecule has 3 saturated heterocycles. The second kappa shape index (κ2) is 9.44. The molecule has 33 heavy (non-hydrogen) atoms. The van der Waals surface area contributed by atoms with Crippen LogP contribution in [0.4, 0.5) is 0 Å². The predicted octanol–water partition coefficient (Wildman–Crippen LogP) is 0.973. The van der Waals surface area contributed by atoms with Gasteiger partial charge in [-0.25, -0.2) is 0 Å². The Morgan fingerprint density at radius 3 is 2.85 bits per heavy atom. The third-order valence-electron chi connectivity index (χ3n) is 7.69. The molecule has 0 unspecified atom stereocenters. The van der Waals surface area contributed by atoms with Gasteiger partial charge in [-0.05, 0) is 37.3 Å². The summed E-state index contributed by atoms with van der Waals surface area (Å²) in [6, 6.07) is 8.76. The molecular formula is C25H35N5O3. The third kappa shape index (κ3) is 4.65. The number of carbonyl (C=O) groups excluding carboxylic acids is 2. The first kappa shape index (κ1) is 22.4. The third-order valence-corrected chi connectivity index (χ3v) is 7.69. The van der Waals surface area contributed by atoms with Crippen LogP contribution in [0.2, 0.25) is 0 Å². The second-order valence-corrected chi connectivity index (χ2v) is 9.86. The fraction of sp³-hybridized carbons (Fsp3) is 0.600. The average Bonchev–Trinajstić information content (AvgIpc) is 3.40. The summed E-state index contributed by atoms with van der Waals surface area (Å²) < 4.78 is 2.16. The van der Waals surface area contributed by atoms with Crippen LogP contribution in [-0.4, -0.2) is 81.7 Å². The van der Waals surface area contributed by atoms with Crippen LogP contribution >= 0.6 is 0 Å². The number of amides is 2. The Labute approximate surface area is 194 Å². The average molecular weight is 454 g/mol. The van der Waals surface area contributed by atoms with Gasteiger partial charge in [-0.2, -0.15) is 0 Å². The maximum absolute atomic E-state index is 12.7. The molecule has 2 amide bonds. The lowest BCUT2D eigenvalue weighted by Crippen LogP contribution is -2.58. The minimum Gasteiger partial charge on any atom is -0.393 e. The molecule has 0 spiro atoms. The first-order valence-electron chi connectivity index (χ1n) is 12.2. The zero-order valence-electron chi connectivity index (χ0n) is 19.4. The van der Waals surface area contributed by atoms with E-state index in [4.69, 9.17) is 0 Å². The highest BCUT2D eigenvalue weighted by Gasteiger charge is 2.43. The first-order chi connectivity index (χ1) is 16.0. The second-order valence-electron chi connectivity index (χ2n) is 9.86. The van der Waals surface area contributed by atoms with Crippen LogP contribution in [0.5, 0.6) is 0 Å². The highest BCUT2D eigenvalue weighted by atomic mass is 16.3. The molecule has 0 saturated carbocycles. The van der Waals surface area contributed by atoms with Crippen LogP contribution in [0.25, 0.3) is 10.9 Å². The van der Waals surface area contributed by atoms with Crippen molar-refractivity contribution in [2.24, 2.45) is 7.05 Å². The summed E-state index contributed by atoms with van der Waals surface area (Å²) >= 11 is 0. The predicted molar refractivity (Wildman–Crippen MR) is 127 cm³/mol. The molecule has 0 aliphatic carbocycles. The van der Waals surface area contributed by atoms with E-state index in [9.17, 15) is 14.7 Å². The minimum atomic E-state index is -0.272. The Bertz CT molecular complexity index is 1010. The minimum absolute atomic E-state index is 0.108. The molecule has 3 aliphatic heterocycles. The summed E-state index contributed by atoms with van der Waals surface area (Å²) in [4.78, 5) is 29.4. The van der Waals surface area contributed by atoms with Gasteiger partial charge in [-0.15, -0.1) is 0 Å². The summed E-state index contributed by atoms with van der Waals surface area (Å²) in [5, 5.41) is 17.7. The van der Waals surface area contributed by atoms with Gasteiger partial charge in [0.25, 0.3) is 0 Å².